The number of rotatable bonds is 5. The number of halogens is 2. The number of methoxy groups -OCH3 is 1. The molecule has 0 radical (unpaired) electrons. The van der Waals surface area contributed by atoms with Crippen molar-refractivity contribution in [1.29, 1.82) is 0 Å². The number of hydrogen-bond donors (Lipinski definition) is 2. The first kappa shape index (κ1) is 16.7. The molecule has 0 atom stereocenters. The number of nitrogens with one attached hydrogen (secondary N) is 2. The number of aromatic nitrogens is 1. The number of esters is 1. The molecule has 0 aromatic carbocycles. The van der Waals surface area contributed by atoms with Crippen LogP contribution in [0.5, 0.6) is 0 Å². The Morgan fingerprint density at radius 1 is 1.45 bits per heavy atom. The third kappa shape index (κ3) is 4.61. The molecule has 0 aliphatic rings. The van der Waals surface area contributed by atoms with Crippen molar-refractivity contribution in [2.75, 3.05) is 20.7 Å². The fourth-order valence-electron chi connectivity index (χ4n) is 1.54. The minimum atomic E-state index is -0.269. The normalized spacial score (nSPS) is 11.3. The van der Waals surface area contributed by atoms with E-state index in [2.05, 4.69) is 20.4 Å². The third-order valence-corrected chi connectivity index (χ3v) is 3.57. The molecule has 112 valence electrons. The van der Waals surface area contributed by atoms with E-state index in [0.717, 1.165) is 5.69 Å². The number of hydrogen-bond acceptors (Lipinski definition) is 3. The summed E-state index contributed by atoms with van der Waals surface area (Å²) in [6, 6.07) is 1.79. The summed E-state index contributed by atoms with van der Waals surface area (Å²) >= 11 is 11.9. The van der Waals surface area contributed by atoms with Crippen molar-refractivity contribution in [2.45, 2.75) is 13.0 Å². The second kappa shape index (κ2) is 8.01. The van der Waals surface area contributed by atoms with Gasteiger partial charge in [-0.2, -0.15) is 0 Å². The van der Waals surface area contributed by atoms with E-state index in [0.29, 0.717) is 29.2 Å². The molecule has 1 rings (SSSR count). The summed E-state index contributed by atoms with van der Waals surface area (Å²) in [5, 5.41) is 7.13. The van der Waals surface area contributed by atoms with E-state index in [1.165, 1.54) is 7.11 Å². The molecule has 0 bridgehead atoms. The molecule has 1 aromatic heterocycles. The van der Waals surface area contributed by atoms with Gasteiger partial charge in [0.2, 0.25) is 0 Å². The van der Waals surface area contributed by atoms with Crippen LogP contribution >= 0.6 is 23.2 Å². The van der Waals surface area contributed by atoms with Crippen LogP contribution in [0.2, 0.25) is 10.2 Å². The molecule has 0 unspecified atom stereocenters. The SMILES string of the molecule is CN=C(NCCC(=O)OC)NCc1cc(Cl)c(Cl)n1C. The summed E-state index contributed by atoms with van der Waals surface area (Å²) in [6.07, 6.45) is 0.277. The Bertz CT molecular complexity index is 500. The molecule has 0 fully saturated rings. The molecule has 20 heavy (non-hydrogen) atoms. The van der Waals surface area contributed by atoms with Crippen molar-refractivity contribution >= 4 is 35.1 Å². The minimum absolute atomic E-state index is 0.269. The fraction of sp³-hybridized carbons (Fsp3) is 0.500. The molecule has 0 amide bonds. The molecule has 2 N–H and O–H groups in total. The van der Waals surface area contributed by atoms with Crippen LogP contribution in [0.4, 0.5) is 0 Å². The molecule has 8 heteroatoms. The molecular formula is C12H18Cl2N4O2. The molecule has 1 aromatic rings. The van der Waals surface area contributed by atoms with Crippen LogP contribution in [-0.4, -0.2) is 37.2 Å². The van der Waals surface area contributed by atoms with E-state index in [1.807, 2.05) is 7.05 Å². The Labute approximate surface area is 128 Å². The van der Waals surface area contributed by atoms with Gasteiger partial charge in [0.15, 0.2) is 5.96 Å². The second-order valence-corrected chi connectivity index (χ2v) is 4.78. The quantitative estimate of drug-likeness (QED) is 0.491. The van der Waals surface area contributed by atoms with Gasteiger partial charge in [0.05, 0.1) is 25.1 Å². The largest absolute Gasteiger partial charge is 0.469 e. The lowest BCUT2D eigenvalue weighted by Gasteiger charge is -2.12. The number of carbonyl (C=O) groups is 1. The second-order valence-electron chi connectivity index (χ2n) is 4.01. The average molecular weight is 321 g/mol. The first-order chi connectivity index (χ1) is 9.49. The lowest BCUT2D eigenvalue weighted by molar-refractivity contribution is -0.140. The fourth-order valence-corrected chi connectivity index (χ4v) is 1.95. The van der Waals surface area contributed by atoms with Crippen LogP contribution in [0.1, 0.15) is 12.1 Å². The zero-order valence-electron chi connectivity index (χ0n) is 11.7. The lowest BCUT2D eigenvalue weighted by Crippen LogP contribution is -2.38. The van der Waals surface area contributed by atoms with Crippen LogP contribution in [0.25, 0.3) is 0 Å². The highest BCUT2D eigenvalue weighted by Gasteiger charge is 2.09. The zero-order valence-corrected chi connectivity index (χ0v) is 13.2. The lowest BCUT2D eigenvalue weighted by atomic mass is 10.4. The van der Waals surface area contributed by atoms with Crippen LogP contribution in [0, 0.1) is 0 Å². The maximum atomic E-state index is 11.0. The van der Waals surface area contributed by atoms with Crippen LogP contribution in [0.15, 0.2) is 11.1 Å². The number of aliphatic imine (C=N–C) groups is 1. The van der Waals surface area contributed by atoms with Crippen molar-refractivity contribution in [1.82, 2.24) is 15.2 Å². The van der Waals surface area contributed by atoms with E-state index in [4.69, 9.17) is 23.2 Å². The van der Waals surface area contributed by atoms with Gasteiger partial charge in [0, 0.05) is 26.3 Å². The minimum Gasteiger partial charge on any atom is -0.469 e. The number of nitrogens with zero attached hydrogens (tertiary/aromatic N) is 2. The summed E-state index contributed by atoms with van der Waals surface area (Å²) < 4.78 is 6.35. The van der Waals surface area contributed by atoms with Gasteiger partial charge in [0.25, 0.3) is 0 Å². The van der Waals surface area contributed by atoms with Crippen molar-refractivity contribution in [2.24, 2.45) is 12.0 Å². The van der Waals surface area contributed by atoms with Crippen molar-refractivity contribution in [3.8, 4) is 0 Å². The van der Waals surface area contributed by atoms with Gasteiger partial charge in [-0.3, -0.25) is 9.79 Å². The van der Waals surface area contributed by atoms with E-state index < -0.39 is 0 Å². The van der Waals surface area contributed by atoms with Crippen molar-refractivity contribution < 1.29 is 9.53 Å². The monoisotopic (exact) mass is 320 g/mol. The van der Waals surface area contributed by atoms with Crippen molar-refractivity contribution in [3.63, 3.8) is 0 Å². The summed E-state index contributed by atoms with van der Waals surface area (Å²) in [6.45, 7) is 0.960. The van der Waals surface area contributed by atoms with Gasteiger partial charge >= 0.3 is 5.97 Å². The summed E-state index contributed by atoms with van der Waals surface area (Å²) in [7, 11) is 4.84. The van der Waals surface area contributed by atoms with Gasteiger partial charge in [-0.15, -0.1) is 0 Å². The number of ether oxygens (including phenoxy) is 1. The molecule has 1 heterocycles. The molecule has 0 aliphatic heterocycles. The Balaban J connectivity index is 2.45. The zero-order chi connectivity index (χ0) is 15.1. The van der Waals surface area contributed by atoms with Gasteiger partial charge in [-0.25, -0.2) is 0 Å². The summed E-state index contributed by atoms with van der Waals surface area (Å²) in [5.41, 5.74) is 0.927. The number of carbonyl (C=O) groups excluding carboxylic acids is 1. The van der Waals surface area contributed by atoms with E-state index >= 15 is 0 Å². The molecule has 0 aliphatic carbocycles. The molecule has 6 nitrogen and oxygen atoms in total. The molecule has 0 saturated carbocycles. The predicted octanol–water partition coefficient (Wildman–Crippen LogP) is 1.56. The Hall–Kier alpha value is -1.40. The number of guanidine groups is 1. The topological polar surface area (TPSA) is 67.7 Å². The van der Waals surface area contributed by atoms with Gasteiger partial charge in [0.1, 0.15) is 5.15 Å². The smallest absolute Gasteiger partial charge is 0.307 e. The molecule has 0 spiro atoms. The van der Waals surface area contributed by atoms with Crippen LogP contribution in [-0.2, 0) is 23.1 Å². The van der Waals surface area contributed by atoms with Gasteiger partial charge in [-0.05, 0) is 6.07 Å². The van der Waals surface area contributed by atoms with Gasteiger partial charge in [-0.1, -0.05) is 23.2 Å². The Morgan fingerprint density at radius 2 is 2.15 bits per heavy atom. The van der Waals surface area contributed by atoms with E-state index in [1.54, 1.807) is 17.7 Å². The van der Waals surface area contributed by atoms with Crippen LogP contribution < -0.4 is 10.6 Å². The summed E-state index contributed by atoms with van der Waals surface area (Å²) in [4.78, 5) is 15.0. The van der Waals surface area contributed by atoms with Crippen LogP contribution in [0.3, 0.4) is 0 Å². The summed E-state index contributed by atoms with van der Waals surface area (Å²) in [5.74, 6) is 0.316. The predicted molar refractivity (Wildman–Crippen MR) is 80.3 cm³/mol. The molecular weight excluding hydrogens is 303 g/mol. The van der Waals surface area contributed by atoms with Crippen molar-refractivity contribution in [3.05, 3.63) is 21.9 Å². The van der Waals surface area contributed by atoms with E-state index in [-0.39, 0.29) is 12.4 Å². The average Bonchev–Trinajstić information content (AvgIpc) is 2.69. The Kier molecular flexibility index (Phi) is 6.67. The highest BCUT2D eigenvalue weighted by molar-refractivity contribution is 6.41. The van der Waals surface area contributed by atoms with E-state index in [9.17, 15) is 4.79 Å². The standard InChI is InChI=1S/C12H18Cl2N4O2/c1-15-12(16-5-4-10(19)20-3)17-7-8-6-9(13)11(14)18(8)2/h6H,4-5,7H2,1-3H3,(H2,15,16,17). The highest BCUT2D eigenvalue weighted by Crippen LogP contribution is 2.24. The molecule has 0 saturated heterocycles. The maximum absolute atomic E-state index is 11.0. The first-order valence-corrected chi connectivity index (χ1v) is 6.76. The van der Waals surface area contributed by atoms with Gasteiger partial charge < -0.3 is 19.9 Å². The Morgan fingerprint density at radius 3 is 2.65 bits per heavy atom. The third-order valence-electron chi connectivity index (χ3n) is 2.73. The highest BCUT2D eigenvalue weighted by atomic mass is 35.5. The first-order valence-electron chi connectivity index (χ1n) is 6.00. The maximum Gasteiger partial charge on any atom is 0.307 e.